The lowest BCUT2D eigenvalue weighted by Gasteiger charge is -2.17. The van der Waals surface area contributed by atoms with Gasteiger partial charge in [-0.25, -0.2) is 4.79 Å². The molecule has 0 radical (unpaired) electrons. The number of phenolic OH excluding ortho intramolecular Hbond substituents is 1. The summed E-state index contributed by atoms with van der Waals surface area (Å²) < 4.78 is 0. The highest BCUT2D eigenvalue weighted by Crippen LogP contribution is 2.18. The highest BCUT2D eigenvalue weighted by Gasteiger charge is 2.09. The maximum Gasteiger partial charge on any atom is 0.321 e. The normalized spacial score (nSPS) is 9.73. The Morgan fingerprint density at radius 1 is 1.53 bits per heavy atom. The second-order valence-corrected chi connectivity index (χ2v) is 3.31. The van der Waals surface area contributed by atoms with Crippen molar-refractivity contribution in [3.8, 4) is 5.75 Å². The van der Waals surface area contributed by atoms with Gasteiger partial charge in [-0.1, -0.05) is 13.0 Å². The van der Waals surface area contributed by atoms with Gasteiger partial charge in [0.25, 0.3) is 0 Å². The van der Waals surface area contributed by atoms with Gasteiger partial charge in [0.1, 0.15) is 5.75 Å². The van der Waals surface area contributed by atoms with E-state index in [1.54, 1.807) is 31.3 Å². The summed E-state index contributed by atoms with van der Waals surface area (Å²) in [5.74, 6) is 0.155. The molecule has 0 aromatic heterocycles. The molecule has 4 heteroatoms. The minimum Gasteiger partial charge on any atom is -0.508 e. The maximum atomic E-state index is 11.5. The quantitative estimate of drug-likeness (QED) is 0.797. The van der Waals surface area contributed by atoms with Crippen molar-refractivity contribution in [2.75, 3.05) is 18.5 Å². The Morgan fingerprint density at radius 2 is 2.27 bits per heavy atom. The van der Waals surface area contributed by atoms with Crippen LogP contribution in [0.5, 0.6) is 5.75 Å². The van der Waals surface area contributed by atoms with Gasteiger partial charge in [-0.3, -0.25) is 4.90 Å². The van der Waals surface area contributed by atoms with Gasteiger partial charge in [0, 0.05) is 25.3 Å². The summed E-state index contributed by atoms with van der Waals surface area (Å²) in [6.07, 6.45) is 0.902. The minimum absolute atomic E-state index is 0.155. The summed E-state index contributed by atoms with van der Waals surface area (Å²) in [5.41, 5.74) is 0.670. The number of aromatic hydroxyl groups is 1. The van der Waals surface area contributed by atoms with E-state index in [1.807, 2.05) is 6.92 Å². The number of hydrogen-bond donors (Lipinski definition) is 2. The van der Waals surface area contributed by atoms with Crippen LogP contribution in [0.2, 0.25) is 0 Å². The Morgan fingerprint density at radius 3 is 2.87 bits per heavy atom. The Balaban J connectivity index is 2.67. The van der Waals surface area contributed by atoms with Crippen molar-refractivity contribution in [3.05, 3.63) is 24.3 Å². The number of nitrogens with one attached hydrogen (secondary N) is 1. The Labute approximate surface area is 89.5 Å². The molecule has 0 atom stereocenters. The number of anilines is 1. The molecule has 0 spiro atoms. The fraction of sp³-hybridized carbons (Fsp3) is 0.364. The van der Waals surface area contributed by atoms with Gasteiger partial charge < -0.3 is 10.4 Å². The van der Waals surface area contributed by atoms with Crippen molar-refractivity contribution in [3.63, 3.8) is 0 Å². The SMILES string of the molecule is CCCNC(=O)N(C)c1cccc(O)c1. The molecule has 0 saturated heterocycles. The molecule has 1 aromatic carbocycles. The zero-order valence-corrected chi connectivity index (χ0v) is 9.03. The second-order valence-electron chi connectivity index (χ2n) is 3.31. The third-order valence-electron chi connectivity index (χ3n) is 2.05. The summed E-state index contributed by atoms with van der Waals surface area (Å²) in [7, 11) is 1.67. The number of amides is 2. The maximum absolute atomic E-state index is 11.5. The van der Waals surface area contributed by atoms with Crippen molar-refractivity contribution < 1.29 is 9.90 Å². The molecule has 1 aromatic rings. The lowest BCUT2D eigenvalue weighted by molar-refractivity contribution is 0.247. The molecular formula is C11H16N2O2. The number of hydrogen-bond acceptors (Lipinski definition) is 2. The van der Waals surface area contributed by atoms with Crippen LogP contribution in [0.3, 0.4) is 0 Å². The van der Waals surface area contributed by atoms with Crippen molar-refractivity contribution in [1.29, 1.82) is 0 Å². The van der Waals surface area contributed by atoms with Crippen LogP contribution in [0.15, 0.2) is 24.3 Å². The first-order valence-electron chi connectivity index (χ1n) is 4.95. The molecular weight excluding hydrogens is 192 g/mol. The average molecular weight is 208 g/mol. The molecule has 4 nitrogen and oxygen atoms in total. The molecule has 0 aliphatic heterocycles. The first-order chi connectivity index (χ1) is 7.15. The van der Waals surface area contributed by atoms with Crippen LogP contribution < -0.4 is 10.2 Å². The lowest BCUT2D eigenvalue weighted by Crippen LogP contribution is -2.37. The van der Waals surface area contributed by atoms with Crippen LogP contribution in [0.1, 0.15) is 13.3 Å². The number of benzene rings is 1. The van der Waals surface area contributed by atoms with Gasteiger partial charge in [-0.2, -0.15) is 0 Å². The third-order valence-corrected chi connectivity index (χ3v) is 2.05. The minimum atomic E-state index is -0.164. The molecule has 82 valence electrons. The summed E-state index contributed by atoms with van der Waals surface area (Å²) in [5, 5.41) is 12.0. The van der Waals surface area contributed by atoms with E-state index in [2.05, 4.69) is 5.32 Å². The van der Waals surface area contributed by atoms with Crippen molar-refractivity contribution in [1.82, 2.24) is 5.32 Å². The van der Waals surface area contributed by atoms with Crippen molar-refractivity contribution in [2.24, 2.45) is 0 Å². The monoisotopic (exact) mass is 208 g/mol. The van der Waals surface area contributed by atoms with Crippen LogP contribution in [0.4, 0.5) is 10.5 Å². The molecule has 0 fully saturated rings. The number of carbonyl (C=O) groups is 1. The third kappa shape index (κ3) is 3.16. The topological polar surface area (TPSA) is 52.6 Å². The van der Waals surface area contributed by atoms with Crippen LogP contribution in [0.25, 0.3) is 0 Å². The van der Waals surface area contributed by atoms with Gasteiger partial charge in [0.15, 0.2) is 0 Å². The molecule has 2 N–H and O–H groups in total. The summed E-state index contributed by atoms with van der Waals surface area (Å²) in [6, 6.07) is 6.43. The molecule has 0 unspecified atom stereocenters. The predicted octanol–water partition coefficient (Wildman–Crippen LogP) is 1.95. The van der Waals surface area contributed by atoms with Gasteiger partial charge in [-0.05, 0) is 18.6 Å². The Kier molecular flexibility index (Phi) is 3.97. The van der Waals surface area contributed by atoms with E-state index < -0.39 is 0 Å². The largest absolute Gasteiger partial charge is 0.508 e. The Hall–Kier alpha value is -1.71. The average Bonchev–Trinajstić information content (AvgIpc) is 2.24. The van der Waals surface area contributed by atoms with Crippen LogP contribution >= 0.6 is 0 Å². The van der Waals surface area contributed by atoms with E-state index in [-0.39, 0.29) is 11.8 Å². The molecule has 1 rings (SSSR count). The van der Waals surface area contributed by atoms with Crippen LogP contribution in [-0.4, -0.2) is 24.7 Å². The second kappa shape index (κ2) is 5.24. The fourth-order valence-electron chi connectivity index (χ4n) is 1.17. The molecule has 0 aliphatic rings. The van der Waals surface area contributed by atoms with Crippen molar-refractivity contribution in [2.45, 2.75) is 13.3 Å². The highest BCUT2D eigenvalue weighted by atomic mass is 16.3. The smallest absolute Gasteiger partial charge is 0.321 e. The van der Waals surface area contributed by atoms with E-state index in [1.165, 1.54) is 4.90 Å². The summed E-state index contributed by atoms with van der Waals surface area (Å²) >= 11 is 0. The fourth-order valence-corrected chi connectivity index (χ4v) is 1.17. The molecule has 15 heavy (non-hydrogen) atoms. The van der Waals surface area contributed by atoms with Gasteiger partial charge >= 0.3 is 6.03 Å². The first-order valence-corrected chi connectivity index (χ1v) is 4.95. The lowest BCUT2D eigenvalue weighted by atomic mass is 10.3. The molecule has 0 heterocycles. The first kappa shape index (κ1) is 11.4. The van der Waals surface area contributed by atoms with E-state index >= 15 is 0 Å². The number of carbonyl (C=O) groups excluding carboxylic acids is 1. The van der Waals surface area contributed by atoms with Crippen LogP contribution in [0, 0.1) is 0 Å². The summed E-state index contributed by atoms with van der Waals surface area (Å²) in [6.45, 7) is 2.65. The van der Waals surface area contributed by atoms with Gasteiger partial charge in [0.2, 0.25) is 0 Å². The van der Waals surface area contributed by atoms with Crippen molar-refractivity contribution >= 4 is 11.7 Å². The molecule has 0 saturated carbocycles. The number of rotatable bonds is 3. The van der Waals surface area contributed by atoms with E-state index in [9.17, 15) is 9.90 Å². The van der Waals surface area contributed by atoms with E-state index in [0.29, 0.717) is 12.2 Å². The molecule has 0 aliphatic carbocycles. The zero-order chi connectivity index (χ0) is 11.3. The molecule has 2 amide bonds. The van der Waals surface area contributed by atoms with Crippen LogP contribution in [-0.2, 0) is 0 Å². The molecule has 0 bridgehead atoms. The number of phenols is 1. The Bertz CT molecular complexity index is 339. The zero-order valence-electron chi connectivity index (χ0n) is 9.03. The predicted molar refractivity (Wildman–Crippen MR) is 60.2 cm³/mol. The standard InChI is InChI=1S/C11H16N2O2/c1-3-7-12-11(15)13(2)9-5-4-6-10(14)8-9/h4-6,8,14H,3,7H2,1-2H3,(H,12,15). The summed E-state index contributed by atoms with van der Waals surface area (Å²) in [4.78, 5) is 13.0. The number of nitrogens with zero attached hydrogens (tertiary/aromatic N) is 1. The van der Waals surface area contributed by atoms with Gasteiger partial charge in [-0.15, -0.1) is 0 Å². The number of urea groups is 1. The van der Waals surface area contributed by atoms with Gasteiger partial charge in [0.05, 0.1) is 0 Å². The van der Waals surface area contributed by atoms with E-state index in [4.69, 9.17) is 0 Å². The highest BCUT2D eigenvalue weighted by molar-refractivity contribution is 5.91. The van der Waals surface area contributed by atoms with E-state index in [0.717, 1.165) is 6.42 Å².